The summed E-state index contributed by atoms with van der Waals surface area (Å²) >= 11 is 0. The SMILES string of the molecule is C=C/C(=C\C(=C/C)c1ccc2[nH]nc(-c3nc4c(-c5cccc(F)c5)cncc4[nH]3)c2c1)NC(=C)C1CCN(C)CC1. The van der Waals surface area contributed by atoms with Gasteiger partial charge in [0.1, 0.15) is 11.5 Å². The molecule has 212 valence electrons. The molecule has 3 aromatic heterocycles. The summed E-state index contributed by atoms with van der Waals surface area (Å²) in [5.41, 5.74) is 8.56. The Morgan fingerprint density at radius 3 is 2.71 bits per heavy atom. The van der Waals surface area contributed by atoms with E-state index in [1.54, 1.807) is 18.5 Å². The monoisotopic (exact) mass is 559 g/mol. The third-order valence-corrected chi connectivity index (χ3v) is 8.01. The number of imidazole rings is 1. The lowest BCUT2D eigenvalue weighted by molar-refractivity contribution is 0.235. The van der Waals surface area contributed by atoms with Crippen molar-refractivity contribution in [3.63, 3.8) is 0 Å². The van der Waals surface area contributed by atoms with Crippen LogP contribution >= 0.6 is 0 Å². The lowest BCUT2D eigenvalue weighted by atomic mass is 9.94. The summed E-state index contributed by atoms with van der Waals surface area (Å²) in [4.78, 5) is 15.0. The number of halogens is 1. The number of fused-ring (bicyclic) bond motifs is 2. The van der Waals surface area contributed by atoms with Gasteiger partial charge in [-0.1, -0.05) is 37.4 Å². The molecule has 0 bridgehead atoms. The number of nitrogens with one attached hydrogen (secondary N) is 3. The Balaban J connectivity index is 1.32. The first-order valence-electron chi connectivity index (χ1n) is 14.2. The number of piperidine rings is 1. The molecule has 42 heavy (non-hydrogen) atoms. The van der Waals surface area contributed by atoms with E-state index in [0.717, 1.165) is 76.0 Å². The smallest absolute Gasteiger partial charge is 0.159 e. The molecule has 0 aliphatic carbocycles. The number of likely N-dealkylation sites (tertiary alicyclic amines) is 1. The van der Waals surface area contributed by atoms with Gasteiger partial charge in [0.25, 0.3) is 0 Å². The maximum Gasteiger partial charge on any atom is 0.159 e. The highest BCUT2D eigenvalue weighted by molar-refractivity contribution is 5.98. The molecule has 6 rings (SSSR count). The number of hydrogen-bond donors (Lipinski definition) is 3. The average Bonchev–Trinajstić information content (AvgIpc) is 3.63. The normalized spacial score (nSPS) is 15.4. The van der Waals surface area contributed by atoms with Gasteiger partial charge in [-0.25, -0.2) is 9.37 Å². The van der Waals surface area contributed by atoms with Gasteiger partial charge < -0.3 is 15.2 Å². The molecule has 1 aliphatic heterocycles. The highest BCUT2D eigenvalue weighted by Gasteiger charge is 2.20. The molecular formula is C34H34FN7. The second kappa shape index (κ2) is 11.6. The third-order valence-electron chi connectivity index (χ3n) is 8.01. The van der Waals surface area contributed by atoms with E-state index in [1.165, 1.54) is 12.1 Å². The van der Waals surface area contributed by atoms with Crippen LogP contribution in [-0.4, -0.2) is 50.2 Å². The number of nitrogens with zero attached hydrogens (tertiary/aromatic N) is 4. The summed E-state index contributed by atoms with van der Waals surface area (Å²) < 4.78 is 14.0. The van der Waals surface area contributed by atoms with Crippen LogP contribution in [-0.2, 0) is 0 Å². The van der Waals surface area contributed by atoms with Crippen molar-refractivity contribution in [2.75, 3.05) is 20.1 Å². The van der Waals surface area contributed by atoms with E-state index in [4.69, 9.17) is 4.98 Å². The Hall–Kier alpha value is -4.82. The van der Waals surface area contributed by atoms with Gasteiger partial charge in [-0.3, -0.25) is 10.1 Å². The van der Waals surface area contributed by atoms with Crippen molar-refractivity contribution in [3.05, 3.63) is 109 Å². The molecule has 7 nitrogen and oxygen atoms in total. The lowest BCUT2D eigenvalue weighted by Gasteiger charge is -2.30. The molecule has 0 atom stereocenters. The molecule has 0 unspecified atom stereocenters. The van der Waals surface area contributed by atoms with Crippen LogP contribution in [0.4, 0.5) is 4.39 Å². The van der Waals surface area contributed by atoms with Gasteiger partial charge in [0.2, 0.25) is 0 Å². The van der Waals surface area contributed by atoms with Gasteiger partial charge in [-0.05, 0) is 93.0 Å². The fourth-order valence-electron chi connectivity index (χ4n) is 5.58. The lowest BCUT2D eigenvalue weighted by Crippen LogP contribution is -2.33. The second-order valence-electron chi connectivity index (χ2n) is 10.8. The zero-order chi connectivity index (χ0) is 29.2. The van der Waals surface area contributed by atoms with E-state index in [1.807, 2.05) is 25.1 Å². The highest BCUT2D eigenvalue weighted by atomic mass is 19.1. The number of aromatic nitrogens is 5. The molecule has 1 aliphatic rings. The maximum atomic E-state index is 14.0. The van der Waals surface area contributed by atoms with Crippen LogP contribution in [0.3, 0.4) is 0 Å². The predicted molar refractivity (Wildman–Crippen MR) is 169 cm³/mol. The van der Waals surface area contributed by atoms with Crippen LogP contribution in [0.25, 0.3) is 50.2 Å². The minimum Gasteiger partial charge on any atom is -0.359 e. The number of rotatable bonds is 8. The van der Waals surface area contributed by atoms with E-state index in [2.05, 4.69) is 74.9 Å². The van der Waals surface area contributed by atoms with E-state index >= 15 is 0 Å². The molecule has 3 N–H and O–H groups in total. The van der Waals surface area contributed by atoms with E-state index < -0.39 is 0 Å². The number of aromatic amines is 2. The number of hydrogen-bond acceptors (Lipinski definition) is 5. The molecule has 0 spiro atoms. The Morgan fingerprint density at radius 1 is 1.12 bits per heavy atom. The van der Waals surface area contributed by atoms with Crippen molar-refractivity contribution in [3.8, 4) is 22.6 Å². The van der Waals surface area contributed by atoms with Crippen LogP contribution in [0, 0.1) is 11.7 Å². The van der Waals surface area contributed by atoms with Crippen molar-refractivity contribution in [2.45, 2.75) is 19.8 Å². The fraction of sp³-hybridized carbons (Fsp3) is 0.206. The summed E-state index contributed by atoms with van der Waals surface area (Å²) in [6.45, 7) is 12.6. The minimum atomic E-state index is -0.305. The largest absolute Gasteiger partial charge is 0.359 e. The fourth-order valence-corrected chi connectivity index (χ4v) is 5.58. The molecule has 0 amide bonds. The van der Waals surface area contributed by atoms with Gasteiger partial charge in [0, 0.05) is 34.5 Å². The van der Waals surface area contributed by atoms with E-state index in [0.29, 0.717) is 23.0 Å². The number of benzene rings is 2. The highest BCUT2D eigenvalue weighted by Crippen LogP contribution is 2.32. The van der Waals surface area contributed by atoms with Crippen molar-refractivity contribution in [1.82, 2.24) is 35.4 Å². The van der Waals surface area contributed by atoms with Crippen LogP contribution in [0.5, 0.6) is 0 Å². The molecule has 0 radical (unpaired) electrons. The van der Waals surface area contributed by atoms with E-state index in [9.17, 15) is 4.39 Å². The Labute approximate surface area is 244 Å². The van der Waals surface area contributed by atoms with Crippen LogP contribution < -0.4 is 5.32 Å². The van der Waals surface area contributed by atoms with Gasteiger partial charge in [0.05, 0.1) is 22.7 Å². The van der Waals surface area contributed by atoms with Gasteiger partial charge in [-0.2, -0.15) is 5.10 Å². The first kappa shape index (κ1) is 27.4. The molecule has 1 saturated heterocycles. The van der Waals surface area contributed by atoms with E-state index in [-0.39, 0.29) is 5.82 Å². The predicted octanol–water partition coefficient (Wildman–Crippen LogP) is 7.23. The Morgan fingerprint density at radius 2 is 1.95 bits per heavy atom. The number of H-pyrrole nitrogens is 2. The van der Waals surface area contributed by atoms with Gasteiger partial charge in [-0.15, -0.1) is 0 Å². The first-order chi connectivity index (χ1) is 20.4. The van der Waals surface area contributed by atoms with Crippen LogP contribution in [0.1, 0.15) is 25.3 Å². The molecular weight excluding hydrogens is 525 g/mol. The number of allylic oxidation sites excluding steroid dienone is 5. The molecule has 5 aromatic rings. The van der Waals surface area contributed by atoms with Crippen molar-refractivity contribution < 1.29 is 4.39 Å². The zero-order valence-corrected chi connectivity index (χ0v) is 23.9. The molecule has 8 heteroatoms. The zero-order valence-electron chi connectivity index (χ0n) is 23.9. The molecule has 4 heterocycles. The molecule has 2 aromatic carbocycles. The molecule has 0 saturated carbocycles. The summed E-state index contributed by atoms with van der Waals surface area (Å²) in [5, 5.41) is 12.2. The van der Waals surface area contributed by atoms with Gasteiger partial charge >= 0.3 is 0 Å². The summed E-state index contributed by atoms with van der Waals surface area (Å²) in [5.74, 6) is 0.754. The summed E-state index contributed by atoms with van der Waals surface area (Å²) in [6.07, 6.45) is 11.7. The Bertz CT molecular complexity index is 1850. The van der Waals surface area contributed by atoms with Crippen molar-refractivity contribution in [2.24, 2.45) is 5.92 Å². The third kappa shape index (κ3) is 5.41. The topological polar surface area (TPSA) is 85.5 Å². The first-order valence-corrected chi connectivity index (χ1v) is 14.2. The standard InChI is InChI=1S/C34H34FN7/c1-5-22(17-27(6-2)37-21(3)23-12-14-42(4)15-13-23)24-10-11-30-28(18-24)33(41-40-30)34-38-31-20-36-19-29(32(31)39-34)25-8-7-9-26(35)16-25/h5-11,16-20,23,37H,2-3,12-15H2,1,4H3,(H,38,39)(H,40,41)/b22-5+,27-17+. The molecule has 1 fully saturated rings. The summed E-state index contributed by atoms with van der Waals surface area (Å²) in [7, 11) is 2.16. The van der Waals surface area contributed by atoms with Gasteiger partial charge in [0.15, 0.2) is 5.82 Å². The second-order valence-corrected chi connectivity index (χ2v) is 10.8. The minimum absolute atomic E-state index is 0.305. The maximum absolute atomic E-state index is 14.0. The van der Waals surface area contributed by atoms with Crippen molar-refractivity contribution >= 4 is 27.5 Å². The number of pyridine rings is 1. The van der Waals surface area contributed by atoms with Crippen molar-refractivity contribution in [1.29, 1.82) is 0 Å². The average molecular weight is 560 g/mol. The summed E-state index contributed by atoms with van der Waals surface area (Å²) in [6, 6.07) is 12.7. The van der Waals surface area contributed by atoms with Crippen LogP contribution in [0.2, 0.25) is 0 Å². The quantitative estimate of drug-likeness (QED) is 0.175. The van der Waals surface area contributed by atoms with Crippen LogP contribution in [0.15, 0.2) is 97.6 Å². The Kier molecular flexibility index (Phi) is 7.54.